The van der Waals surface area contributed by atoms with Gasteiger partial charge in [-0.05, 0) is 25.0 Å². The van der Waals surface area contributed by atoms with Gasteiger partial charge in [-0.1, -0.05) is 18.9 Å². The maximum absolute atomic E-state index is 14.1. The molecule has 1 N–H and O–H groups in total. The normalized spacial score (nSPS) is 25.7. The van der Waals surface area contributed by atoms with Crippen molar-refractivity contribution in [1.29, 1.82) is 0 Å². The summed E-state index contributed by atoms with van der Waals surface area (Å²) < 4.78 is 25.7. The summed E-state index contributed by atoms with van der Waals surface area (Å²) in [5.74, 6) is 0.322. The molecular weight excluding hydrogens is 245 g/mol. The van der Waals surface area contributed by atoms with E-state index < -0.39 is 0 Å². The number of benzene rings is 1. The van der Waals surface area contributed by atoms with Gasteiger partial charge in [-0.25, -0.2) is 4.39 Å². The second kappa shape index (κ2) is 5.10. The third kappa shape index (κ3) is 2.35. The van der Waals surface area contributed by atoms with Crippen LogP contribution in [0.2, 0.25) is 0 Å². The molecule has 1 aliphatic heterocycles. The fraction of sp³-hybridized carbons (Fsp3) is 0.600. The Morgan fingerprint density at radius 3 is 2.89 bits per heavy atom. The van der Waals surface area contributed by atoms with E-state index in [9.17, 15) is 4.39 Å². The molecule has 1 aromatic rings. The van der Waals surface area contributed by atoms with E-state index in [4.69, 9.17) is 9.47 Å². The Labute approximate surface area is 113 Å². The van der Waals surface area contributed by atoms with Crippen molar-refractivity contribution < 1.29 is 13.9 Å². The van der Waals surface area contributed by atoms with E-state index in [2.05, 4.69) is 5.32 Å². The van der Waals surface area contributed by atoms with Gasteiger partial charge in [0.1, 0.15) is 17.7 Å². The Balaban J connectivity index is 1.89. The summed E-state index contributed by atoms with van der Waals surface area (Å²) in [4.78, 5) is 0. The molecule has 1 aromatic carbocycles. The third-order valence-electron chi connectivity index (χ3n) is 4.24. The first-order chi connectivity index (χ1) is 9.24. The van der Waals surface area contributed by atoms with Crippen LogP contribution in [0.1, 0.15) is 37.4 Å². The van der Waals surface area contributed by atoms with E-state index in [-0.39, 0.29) is 17.5 Å². The van der Waals surface area contributed by atoms with E-state index in [1.807, 2.05) is 0 Å². The minimum absolute atomic E-state index is 0.101. The quantitative estimate of drug-likeness (QED) is 0.892. The van der Waals surface area contributed by atoms with Gasteiger partial charge < -0.3 is 14.8 Å². The molecule has 104 valence electrons. The van der Waals surface area contributed by atoms with Crippen LogP contribution in [0, 0.1) is 5.82 Å². The number of rotatable bonds is 2. The average Bonchev–Trinajstić information content (AvgIpc) is 2.86. The zero-order valence-electron chi connectivity index (χ0n) is 11.2. The van der Waals surface area contributed by atoms with Gasteiger partial charge in [0.2, 0.25) is 0 Å². The second-order valence-electron chi connectivity index (χ2n) is 5.48. The number of halogens is 1. The minimum Gasteiger partial charge on any atom is -0.496 e. The molecule has 1 saturated carbocycles. The molecular formula is C15H20FNO2. The van der Waals surface area contributed by atoms with Crippen molar-refractivity contribution in [2.45, 2.75) is 37.4 Å². The summed E-state index contributed by atoms with van der Waals surface area (Å²) in [7, 11) is 1.57. The van der Waals surface area contributed by atoms with Crippen LogP contribution in [0.3, 0.4) is 0 Å². The summed E-state index contributed by atoms with van der Waals surface area (Å²) in [5.41, 5.74) is 0.444. The molecule has 19 heavy (non-hydrogen) atoms. The summed E-state index contributed by atoms with van der Waals surface area (Å²) in [5, 5.41) is 3.40. The Morgan fingerprint density at radius 1 is 1.37 bits per heavy atom. The lowest BCUT2D eigenvalue weighted by Gasteiger charge is -2.39. The molecule has 4 heteroatoms. The molecule has 2 aliphatic rings. The van der Waals surface area contributed by atoms with E-state index in [1.165, 1.54) is 18.9 Å². The number of methoxy groups -OCH3 is 1. The Bertz CT molecular complexity index is 457. The summed E-state index contributed by atoms with van der Waals surface area (Å²) in [6, 6.07) is 4.92. The molecule has 1 unspecified atom stereocenters. The van der Waals surface area contributed by atoms with E-state index >= 15 is 0 Å². The van der Waals surface area contributed by atoms with Gasteiger partial charge in [0.25, 0.3) is 0 Å². The number of ether oxygens (including phenoxy) is 2. The zero-order chi connectivity index (χ0) is 13.3. The predicted molar refractivity (Wildman–Crippen MR) is 70.8 cm³/mol. The Morgan fingerprint density at radius 2 is 2.16 bits per heavy atom. The fourth-order valence-electron chi connectivity index (χ4n) is 3.30. The van der Waals surface area contributed by atoms with Crippen molar-refractivity contribution >= 4 is 0 Å². The first-order valence-corrected chi connectivity index (χ1v) is 6.95. The van der Waals surface area contributed by atoms with Crippen LogP contribution in [0.5, 0.6) is 5.75 Å². The van der Waals surface area contributed by atoms with Crippen molar-refractivity contribution in [3.8, 4) is 5.75 Å². The van der Waals surface area contributed by atoms with Crippen molar-refractivity contribution in [3.05, 3.63) is 29.6 Å². The number of hydrogen-bond acceptors (Lipinski definition) is 3. The highest BCUT2D eigenvalue weighted by Crippen LogP contribution is 2.41. The molecule has 0 aromatic heterocycles. The van der Waals surface area contributed by atoms with Crippen LogP contribution in [-0.4, -0.2) is 25.8 Å². The monoisotopic (exact) mass is 265 g/mol. The Kier molecular flexibility index (Phi) is 3.46. The molecule has 1 saturated heterocycles. The van der Waals surface area contributed by atoms with Crippen LogP contribution in [-0.2, 0) is 4.74 Å². The molecule has 2 fully saturated rings. The smallest absolute Gasteiger partial charge is 0.132 e. The van der Waals surface area contributed by atoms with Crippen molar-refractivity contribution in [2.24, 2.45) is 0 Å². The predicted octanol–water partition coefficient (Wildman–Crippen LogP) is 2.81. The summed E-state index contributed by atoms with van der Waals surface area (Å²) >= 11 is 0. The van der Waals surface area contributed by atoms with Gasteiger partial charge in [-0.3, -0.25) is 0 Å². The lowest BCUT2D eigenvalue weighted by atomic mass is 9.97. The van der Waals surface area contributed by atoms with Gasteiger partial charge in [0.05, 0.1) is 18.3 Å². The van der Waals surface area contributed by atoms with Gasteiger partial charge in [-0.15, -0.1) is 0 Å². The molecule has 3 rings (SSSR count). The van der Waals surface area contributed by atoms with Gasteiger partial charge in [0.15, 0.2) is 0 Å². The van der Waals surface area contributed by atoms with Crippen LogP contribution >= 0.6 is 0 Å². The Hall–Kier alpha value is -1.13. The summed E-state index contributed by atoms with van der Waals surface area (Å²) in [6.45, 7) is 1.51. The maximum atomic E-state index is 14.1. The van der Waals surface area contributed by atoms with Gasteiger partial charge >= 0.3 is 0 Å². The van der Waals surface area contributed by atoms with E-state index in [0.29, 0.717) is 17.9 Å². The molecule has 0 bridgehead atoms. The molecule has 1 aliphatic carbocycles. The topological polar surface area (TPSA) is 30.5 Å². The van der Waals surface area contributed by atoms with Crippen molar-refractivity contribution in [1.82, 2.24) is 5.32 Å². The molecule has 0 amide bonds. The van der Waals surface area contributed by atoms with E-state index in [1.54, 1.807) is 19.2 Å². The number of hydrogen-bond donors (Lipinski definition) is 1. The first kappa shape index (κ1) is 12.9. The van der Waals surface area contributed by atoms with Crippen LogP contribution in [0.15, 0.2) is 18.2 Å². The minimum atomic E-state index is -0.261. The molecule has 3 nitrogen and oxygen atoms in total. The van der Waals surface area contributed by atoms with Crippen molar-refractivity contribution in [2.75, 3.05) is 20.2 Å². The maximum Gasteiger partial charge on any atom is 0.132 e. The highest BCUT2D eigenvalue weighted by atomic mass is 19.1. The third-order valence-corrected chi connectivity index (χ3v) is 4.24. The van der Waals surface area contributed by atoms with Gasteiger partial charge in [-0.2, -0.15) is 0 Å². The van der Waals surface area contributed by atoms with Crippen LogP contribution < -0.4 is 10.1 Å². The standard InChI is InChI=1S/C15H20FNO2/c1-18-12-6-4-5-11(16)14(12)13-9-17-10-15(19-13)7-2-3-8-15/h4-6,13,17H,2-3,7-10H2,1H3. The molecule has 1 atom stereocenters. The average molecular weight is 265 g/mol. The van der Waals surface area contributed by atoms with Crippen LogP contribution in [0.25, 0.3) is 0 Å². The SMILES string of the molecule is COc1cccc(F)c1C1CNCC2(CCCC2)O1. The largest absolute Gasteiger partial charge is 0.496 e. The first-order valence-electron chi connectivity index (χ1n) is 6.95. The molecule has 1 spiro atoms. The van der Waals surface area contributed by atoms with Crippen LogP contribution in [0.4, 0.5) is 4.39 Å². The molecule has 1 heterocycles. The van der Waals surface area contributed by atoms with Gasteiger partial charge in [0, 0.05) is 13.1 Å². The lowest BCUT2D eigenvalue weighted by molar-refractivity contribution is -0.115. The number of nitrogens with one attached hydrogen (secondary N) is 1. The summed E-state index contributed by atoms with van der Waals surface area (Å²) in [6.07, 6.45) is 4.26. The highest BCUT2D eigenvalue weighted by Gasteiger charge is 2.41. The molecule has 0 radical (unpaired) electrons. The second-order valence-corrected chi connectivity index (χ2v) is 5.48. The lowest BCUT2D eigenvalue weighted by Crippen LogP contribution is -2.49. The highest BCUT2D eigenvalue weighted by molar-refractivity contribution is 5.37. The zero-order valence-corrected chi connectivity index (χ0v) is 11.2. The number of morpholine rings is 1. The van der Waals surface area contributed by atoms with E-state index in [0.717, 1.165) is 19.4 Å². The fourth-order valence-corrected chi connectivity index (χ4v) is 3.30. The van der Waals surface area contributed by atoms with Crippen molar-refractivity contribution in [3.63, 3.8) is 0 Å².